The van der Waals surface area contributed by atoms with Crippen molar-refractivity contribution >= 4 is 39.2 Å². The standard InChI is InChI=1S/C26H27ClN4O4S/c27-21-9-12-23(13-10-21)36(33,34)31-22(11-8-20-5-1-2-6-24(20)31)19-35-26(32)30-17-15-29(16-18-30)25-7-3-4-14-28-25/h1-7,9-10,12-14,22H,8,11,15-19H2. The largest absolute Gasteiger partial charge is 0.447 e. The molecule has 36 heavy (non-hydrogen) atoms. The summed E-state index contributed by atoms with van der Waals surface area (Å²) in [6.07, 6.45) is 2.57. The zero-order valence-electron chi connectivity index (χ0n) is 19.7. The van der Waals surface area contributed by atoms with Crippen molar-refractivity contribution < 1.29 is 17.9 Å². The average Bonchev–Trinajstić information content (AvgIpc) is 2.92. The number of nitrogens with zero attached hydrogens (tertiary/aromatic N) is 4. The number of sulfonamides is 1. The molecule has 1 amide bonds. The first-order valence-electron chi connectivity index (χ1n) is 11.9. The number of carbonyl (C=O) groups is 1. The molecular weight excluding hydrogens is 500 g/mol. The van der Waals surface area contributed by atoms with E-state index in [1.807, 2.05) is 36.4 Å². The molecule has 8 nitrogen and oxygen atoms in total. The van der Waals surface area contributed by atoms with Gasteiger partial charge in [0.15, 0.2) is 0 Å². The number of rotatable bonds is 5. The van der Waals surface area contributed by atoms with Crippen molar-refractivity contribution in [2.75, 3.05) is 42.0 Å². The molecule has 0 radical (unpaired) electrons. The van der Waals surface area contributed by atoms with E-state index in [4.69, 9.17) is 16.3 Å². The Morgan fingerprint density at radius 3 is 2.42 bits per heavy atom. The number of para-hydroxylation sites is 1. The van der Waals surface area contributed by atoms with Gasteiger partial charge in [0.05, 0.1) is 16.6 Å². The summed E-state index contributed by atoms with van der Waals surface area (Å²) in [5.41, 5.74) is 1.56. The number of pyridine rings is 1. The molecule has 2 aliphatic rings. The Morgan fingerprint density at radius 2 is 1.69 bits per heavy atom. The van der Waals surface area contributed by atoms with Gasteiger partial charge in [-0.25, -0.2) is 18.2 Å². The second kappa shape index (κ2) is 10.4. The predicted molar refractivity (Wildman–Crippen MR) is 139 cm³/mol. The molecule has 1 aromatic heterocycles. The molecule has 0 bridgehead atoms. The molecule has 0 spiro atoms. The molecule has 10 heteroatoms. The van der Waals surface area contributed by atoms with Crippen LogP contribution in [0.2, 0.25) is 5.02 Å². The fourth-order valence-corrected chi connectivity index (χ4v) is 6.52. The number of piperazine rings is 1. The summed E-state index contributed by atoms with van der Waals surface area (Å²) in [4.78, 5) is 21.2. The van der Waals surface area contributed by atoms with Gasteiger partial charge in [-0.2, -0.15) is 0 Å². The van der Waals surface area contributed by atoms with E-state index >= 15 is 0 Å². The highest BCUT2D eigenvalue weighted by Crippen LogP contribution is 2.35. The normalized spacial score (nSPS) is 18.0. The molecule has 0 N–H and O–H groups in total. The minimum absolute atomic E-state index is 0.0273. The smallest absolute Gasteiger partial charge is 0.409 e. The number of benzene rings is 2. The predicted octanol–water partition coefficient (Wildman–Crippen LogP) is 4.20. The summed E-state index contributed by atoms with van der Waals surface area (Å²) >= 11 is 5.98. The summed E-state index contributed by atoms with van der Waals surface area (Å²) < 4.78 is 34.5. The van der Waals surface area contributed by atoms with E-state index in [2.05, 4.69) is 9.88 Å². The third kappa shape index (κ3) is 4.99. The first kappa shape index (κ1) is 24.4. The number of hydrogen-bond acceptors (Lipinski definition) is 6. The number of anilines is 2. The molecule has 3 heterocycles. The second-order valence-electron chi connectivity index (χ2n) is 8.81. The Labute approximate surface area is 216 Å². The van der Waals surface area contributed by atoms with Crippen LogP contribution in [0.25, 0.3) is 0 Å². The first-order valence-corrected chi connectivity index (χ1v) is 13.7. The minimum Gasteiger partial charge on any atom is -0.447 e. The first-order chi connectivity index (χ1) is 17.4. The van der Waals surface area contributed by atoms with E-state index in [0.29, 0.717) is 49.7 Å². The average molecular weight is 527 g/mol. The number of amides is 1. The maximum atomic E-state index is 13.7. The fourth-order valence-electron chi connectivity index (χ4n) is 4.69. The van der Waals surface area contributed by atoms with Crippen LogP contribution in [-0.2, 0) is 21.2 Å². The van der Waals surface area contributed by atoms with Crippen LogP contribution in [0, 0.1) is 0 Å². The van der Waals surface area contributed by atoms with Gasteiger partial charge < -0.3 is 14.5 Å². The molecule has 2 aliphatic heterocycles. The number of ether oxygens (including phenoxy) is 1. The van der Waals surface area contributed by atoms with Crippen LogP contribution in [0.1, 0.15) is 12.0 Å². The van der Waals surface area contributed by atoms with Crippen molar-refractivity contribution in [3.63, 3.8) is 0 Å². The van der Waals surface area contributed by atoms with Crippen LogP contribution >= 0.6 is 11.6 Å². The maximum absolute atomic E-state index is 13.7. The third-order valence-corrected chi connectivity index (χ3v) is 8.72. The molecular formula is C26H27ClN4O4S. The van der Waals surface area contributed by atoms with Crippen molar-refractivity contribution in [1.82, 2.24) is 9.88 Å². The number of halogens is 1. The molecule has 3 aromatic rings. The summed E-state index contributed by atoms with van der Waals surface area (Å²) in [5.74, 6) is 0.884. The number of carbonyl (C=O) groups excluding carboxylic acids is 1. The highest BCUT2D eigenvalue weighted by molar-refractivity contribution is 7.92. The summed E-state index contributed by atoms with van der Waals surface area (Å²) in [6.45, 7) is 2.30. The third-order valence-electron chi connectivity index (χ3n) is 6.59. The second-order valence-corrected chi connectivity index (χ2v) is 11.1. The van der Waals surface area contributed by atoms with Crippen LogP contribution in [0.5, 0.6) is 0 Å². The Bertz CT molecular complexity index is 1310. The Hall–Kier alpha value is -3.30. The summed E-state index contributed by atoms with van der Waals surface area (Å²) in [5, 5.41) is 0.460. The van der Waals surface area contributed by atoms with Crippen molar-refractivity contribution in [1.29, 1.82) is 0 Å². The van der Waals surface area contributed by atoms with E-state index in [1.165, 1.54) is 16.4 Å². The number of fused-ring (bicyclic) bond motifs is 1. The van der Waals surface area contributed by atoms with Gasteiger partial charge in [-0.15, -0.1) is 0 Å². The Kier molecular flexibility index (Phi) is 7.02. The van der Waals surface area contributed by atoms with Gasteiger partial charge in [-0.3, -0.25) is 4.31 Å². The van der Waals surface area contributed by atoms with Crippen LogP contribution in [0.4, 0.5) is 16.3 Å². The van der Waals surface area contributed by atoms with Gasteiger partial charge in [0.1, 0.15) is 12.4 Å². The Morgan fingerprint density at radius 1 is 0.972 bits per heavy atom. The van der Waals surface area contributed by atoms with Gasteiger partial charge in [0.25, 0.3) is 10.0 Å². The van der Waals surface area contributed by atoms with Crippen LogP contribution in [0.3, 0.4) is 0 Å². The van der Waals surface area contributed by atoms with Gasteiger partial charge in [0.2, 0.25) is 0 Å². The van der Waals surface area contributed by atoms with Gasteiger partial charge >= 0.3 is 6.09 Å². The van der Waals surface area contributed by atoms with Gasteiger partial charge in [-0.05, 0) is 60.9 Å². The monoisotopic (exact) mass is 526 g/mol. The SMILES string of the molecule is O=C(OCC1CCc2ccccc2N1S(=O)(=O)c1ccc(Cl)cc1)N1CCN(c2ccccn2)CC1. The lowest BCUT2D eigenvalue weighted by atomic mass is 9.98. The molecule has 2 aromatic carbocycles. The van der Waals surface area contributed by atoms with E-state index in [-0.39, 0.29) is 11.5 Å². The minimum atomic E-state index is -3.90. The zero-order chi connectivity index (χ0) is 25.1. The lowest BCUT2D eigenvalue weighted by molar-refractivity contribution is 0.0940. The van der Waals surface area contributed by atoms with Crippen molar-refractivity contribution in [3.8, 4) is 0 Å². The van der Waals surface area contributed by atoms with E-state index in [0.717, 1.165) is 11.4 Å². The van der Waals surface area contributed by atoms with E-state index in [9.17, 15) is 13.2 Å². The van der Waals surface area contributed by atoms with Gasteiger partial charge in [0, 0.05) is 37.4 Å². The highest BCUT2D eigenvalue weighted by Gasteiger charge is 2.37. The van der Waals surface area contributed by atoms with Crippen molar-refractivity contribution in [3.05, 3.63) is 83.5 Å². The molecule has 0 aliphatic carbocycles. The van der Waals surface area contributed by atoms with Gasteiger partial charge in [-0.1, -0.05) is 35.9 Å². The maximum Gasteiger partial charge on any atom is 0.409 e. The molecule has 0 saturated carbocycles. The van der Waals surface area contributed by atoms with E-state index in [1.54, 1.807) is 29.3 Å². The van der Waals surface area contributed by atoms with Crippen LogP contribution in [0.15, 0.2) is 77.8 Å². The molecule has 1 saturated heterocycles. The molecule has 1 unspecified atom stereocenters. The summed E-state index contributed by atoms with van der Waals surface area (Å²) in [7, 11) is -3.90. The van der Waals surface area contributed by atoms with Crippen molar-refractivity contribution in [2.24, 2.45) is 0 Å². The number of aromatic nitrogens is 1. The molecule has 1 atom stereocenters. The topological polar surface area (TPSA) is 83.0 Å². The van der Waals surface area contributed by atoms with Crippen molar-refractivity contribution in [2.45, 2.75) is 23.8 Å². The lowest BCUT2D eigenvalue weighted by Gasteiger charge is -2.38. The zero-order valence-corrected chi connectivity index (χ0v) is 21.2. The lowest BCUT2D eigenvalue weighted by Crippen LogP contribution is -2.51. The fraction of sp³-hybridized carbons (Fsp3) is 0.308. The highest BCUT2D eigenvalue weighted by atomic mass is 35.5. The van der Waals surface area contributed by atoms with Crippen LogP contribution in [-0.4, -0.2) is 63.2 Å². The number of aryl methyl sites for hydroxylation is 1. The molecule has 188 valence electrons. The summed E-state index contributed by atoms with van der Waals surface area (Å²) in [6, 6.07) is 18.8. The molecule has 5 rings (SSSR count). The number of hydrogen-bond donors (Lipinski definition) is 0. The van der Waals surface area contributed by atoms with E-state index < -0.39 is 22.2 Å². The Balaban J connectivity index is 1.29. The quantitative estimate of drug-likeness (QED) is 0.495. The molecule has 1 fully saturated rings. The van der Waals surface area contributed by atoms with Crippen LogP contribution < -0.4 is 9.21 Å².